The van der Waals surface area contributed by atoms with Crippen LogP contribution in [0.15, 0.2) is 36.4 Å². The van der Waals surface area contributed by atoms with Crippen LogP contribution >= 0.6 is 0 Å². The van der Waals surface area contributed by atoms with Crippen molar-refractivity contribution < 1.29 is 9.53 Å². The van der Waals surface area contributed by atoms with Crippen LogP contribution in [0.1, 0.15) is 21.6 Å². The second-order valence-electron chi connectivity index (χ2n) is 4.12. The van der Waals surface area contributed by atoms with Gasteiger partial charge in [0.25, 0.3) is 5.91 Å². The molecule has 0 aliphatic heterocycles. The highest BCUT2D eigenvalue weighted by molar-refractivity contribution is 5.95. The highest BCUT2D eigenvalue weighted by Gasteiger charge is 2.12. The number of aromatic nitrogens is 1. The number of rotatable bonds is 4. The number of hydrogen-bond donors (Lipinski definition) is 2. The van der Waals surface area contributed by atoms with Gasteiger partial charge in [-0.2, -0.15) is 0 Å². The van der Waals surface area contributed by atoms with Gasteiger partial charge in [0.2, 0.25) is 5.88 Å². The molecule has 0 bridgehead atoms. The average molecular weight is 257 g/mol. The number of aryl methyl sites for hydroxylation is 1. The minimum Gasteiger partial charge on any atom is -0.438 e. The van der Waals surface area contributed by atoms with Crippen LogP contribution in [0.5, 0.6) is 11.6 Å². The number of nitrogens with two attached hydrogens (primary N) is 2. The zero-order valence-corrected chi connectivity index (χ0v) is 10.6. The number of amides is 1. The van der Waals surface area contributed by atoms with Gasteiger partial charge in [-0.15, -0.1) is 0 Å². The molecule has 0 saturated heterocycles. The molecule has 2 aromatic rings. The zero-order chi connectivity index (χ0) is 13.8. The minimum absolute atomic E-state index is 0.216. The van der Waals surface area contributed by atoms with Gasteiger partial charge in [-0.3, -0.25) is 4.79 Å². The Labute approximate surface area is 111 Å². The summed E-state index contributed by atoms with van der Waals surface area (Å²) in [4.78, 5) is 15.5. The van der Waals surface area contributed by atoms with E-state index in [9.17, 15) is 4.79 Å². The maximum atomic E-state index is 11.3. The maximum absolute atomic E-state index is 11.3. The van der Waals surface area contributed by atoms with Gasteiger partial charge < -0.3 is 16.2 Å². The SMILES string of the molecule is Cc1ccc(C(N)=O)c(Oc2ccc(CN)cc2)n1. The second-order valence-corrected chi connectivity index (χ2v) is 4.12. The standard InChI is InChI=1S/C14H15N3O2/c1-9-2-7-12(13(16)18)14(17-9)19-11-5-3-10(8-15)4-6-11/h2-7H,8,15H2,1H3,(H2,16,18). The highest BCUT2D eigenvalue weighted by atomic mass is 16.5. The summed E-state index contributed by atoms with van der Waals surface area (Å²) >= 11 is 0. The van der Waals surface area contributed by atoms with Gasteiger partial charge in [-0.25, -0.2) is 4.98 Å². The average Bonchev–Trinajstić information content (AvgIpc) is 2.39. The van der Waals surface area contributed by atoms with Gasteiger partial charge in [0.1, 0.15) is 11.3 Å². The van der Waals surface area contributed by atoms with Crippen LogP contribution in [0.2, 0.25) is 0 Å². The number of ether oxygens (including phenoxy) is 1. The molecular formula is C14H15N3O2. The van der Waals surface area contributed by atoms with Gasteiger partial charge in [-0.1, -0.05) is 12.1 Å². The zero-order valence-electron chi connectivity index (χ0n) is 10.6. The summed E-state index contributed by atoms with van der Waals surface area (Å²) in [5.74, 6) is 0.229. The van der Waals surface area contributed by atoms with E-state index in [2.05, 4.69) is 4.98 Å². The largest absolute Gasteiger partial charge is 0.438 e. The first kappa shape index (κ1) is 13.0. The second kappa shape index (κ2) is 5.49. The van der Waals surface area contributed by atoms with Crippen molar-refractivity contribution >= 4 is 5.91 Å². The molecule has 4 N–H and O–H groups in total. The van der Waals surface area contributed by atoms with E-state index in [1.807, 2.05) is 19.1 Å². The van der Waals surface area contributed by atoms with E-state index in [4.69, 9.17) is 16.2 Å². The molecule has 0 fully saturated rings. The molecule has 5 nitrogen and oxygen atoms in total. The van der Waals surface area contributed by atoms with Gasteiger partial charge in [-0.05, 0) is 36.8 Å². The number of pyridine rings is 1. The molecule has 5 heteroatoms. The topological polar surface area (TPSA) is 91.2 Å². The van der Waals surface area contributed by atoms with E-state index < -0.39 is 5.91 Å². The fourth-order valence-electron chi connectivity index (χ4n) is 1.60. The number of hydrogen-bond acceptors (Lipinski definition) is 4. The van der Waals surface area contributed by atoms with Crippen molar-refractivity contribution in [3.63, 3.8) is 0 Å². The molecule has 0 unspecified atom stereocenters. The molecule has 1 aromatic carbocycles. The Morgan fingerprint density at radius 1 is 1.21 bits per heavy atom. The molecule has 1 heterocycles. The van der Waals surface area contributed by atoms with E-state index in [1.54, 1.807) is 24.3 Å². The molecule has 2 rings (SSSR count). The fourth-order valence-corrected chi connectivity index (χ4v) is 1.60. The Morgan fingerprint density at radius 2 is 1.89 bits per heavy atom. The van der Waals surface area contributed by atoms with Gasteiger partial charge in [0, 0.05) is 12.2 Å². The lowest BCUT2D eigenvalue weighted by Gasteiger charge is -2.09. The van der Waals surface area contributed by atoms with Crippen molar-refractivity contribution in [2.75, 3.05) is 0 Å². The summed E-state index contributed by atoms with van der Waals surface area (Å²) < 4.78 is 5.60. The molecule has 0 radical (unpaired) electrons. The first-order valence-corrected chi connectivity index (χ1v) is 5.84. The fraction of sp³-hybridized carbons (Fsp3) is 0.143. The van der Waals surface area contributed by atoms with Crippen molar-refractivity contribution in [2.45, 2.75) is 13.5 Å². The summed E-state index contributed by atoms with van der Waals surface area (Å²) in [5.41, 5.74) is 12.8. The molecule has 0 saturated carbocycles. The molecule has 0 aliphatic carbocycles. The van der Waals surface area contributed by atoms with Crippen LogP contribution < -0.4 is 16.2 Å². The van der Waals surface area contributed by atoms with Crippen LogP contribution in [-0.2, 0) is 6.54 Å². The summed E-state index contributed by atoms with van der Waals surface area (Å²) in [5, 5.41) is 0. The summed E-state index contributed by atoms with van der Waals surface area (Å²) in [6.45, 7) is 2.28. The van der Waals surface area contributed by atoms with Gasteiger partial charge in [0.15, 0.2) is 0 Å². The first-order chi connectivity index (χ1) is 9.10. The Hall–Kier alpha value is -2.40. The Bertz CT molecular complexity index is 594. The predicted molar refractivity (Wildman–Crippen MR) is 71.9 cm³/mol. The third-order valence-corrected chi connectivity index (χ3v) is 2.64. The molecule has 1 amide bonds. The Kier molecular flexibility index (Phi) is 3.77. The van der Waals surface area contributed by atoms with Crippen molar-refractivity contribution in [2.24, 2.45) is 11.5 Å². The van der Waals surface area contributed by atoms with E-state index in [0.717, 1.165) is 11.3 Å². The van der Waals surface area contributed by atoms with E-state index in [1.165, 1.54) is 0 Å². The quantitative estimate of drug-likeness (QED) is 0.872. The van der Waals surface area contributed by atoms with Crippen molar-refractivity contribution in [1.29, 1.82) is 0 Å². The molecule has 19 heavy (non-hydrogen) atoms. The monoisotopic (exact) mass is 257 g/mol. The normalized spacial score (nSPS) is 10.2. The Balaban J connectivity index is 2.31. The lowest BCUT2D eigenvalue weighted by Crippen LogP contribution is -2.13. The molecule has 0 aliphatic rings. The van der Waals surface area contributed by atoms with Crippen LogP contribution in [-0.4, -0.2) is 10.9 Å². The van der Waals surface area contributed by atoms with E-state index in [0.29, 0.717) is 12.3 Å². The van der Waals surface area contributed by atoms with Crippen LogP contribution in [0.25, 0.3) is 0 Å². The maximum Gasteiger partial charge on any atom is 0.254 e. The van der Waals surface area contributed by atoms with Crippen molar-refractivity contribution in [3.05, 3.63) is 53.2 Å². The molecule has 1 aromatic heterocycles. The smallest absolute Gasteiger partial charge is 0.254 e. The number of primary amides is 1. The highest BCUT2D eigenvalue weighted by Crippen LogP contribution is 2.23. The molecular weight excluding hydrogens is 242 g/mol. The number of nitrogens with zero attached hydrogens (tertiary/aromatic N) is 1. The van der Waals surface area contributed by atoms with Crippen LogP contribution in [0, 0.1) is 6.92 Å². The van der Waals surface area contributed by atoms with Crippen LogP contribution in [0.4, 0.5) is 0 Å². The van der Waals surface area contributed by atoms with Gasteiger partial charge >= 0.3 is 0 Å². The summed E-state index contributed by atoms with van der Waals surface area (Å²) in [7, 11) is 0. The summed E-state index contributed by atoms with van der Waals surface area (Å²) in [6.07, 6.45) is 0. The van der Waals surface area contributed by atoms with E-state index >= 15 is 0 Å². The van der Waals surface area contributed by atoms with Crippen molar-refractivity contribution in [3.8, 4) is 11.6 Å². The molecule has 0 spiro atoms. The summed E-state index contributed by atoms with van der Waals surface area (Å²) in [6, 6.07) is 10.6. The Morgan fingerprint density at radius 3 is 2.47 bits per heavy atom. The number of carbonyl (C=O) groups is 1. The lowest BCUT2D eigenvalue weighted by molar-refractivity contribution is 0.0997. The predicted octanol–water partition coefficient (Wildman–Crippen LogP) is 1.74. The number of carbonyl (C=O) groups excluding carboxylic acids is 1. The van der Waals surface area contributed by atoms with Gasteiger partial charge in [0.05, 0.1) is 0 Å². The van der Waals surface area contributed by atoms with Crippen LogP contribution in [0.3, 0.4) is 0 Å². The van der Waals surface area contributed by atoms with E-state index in [-0.39, 0.29) is 11.4 Å². The third-order valence-electron chi connectivity index (χ3n) is 2.64. The third kappa shape index (κ3) is 3.08. The lowest BCUT2D eigenvalue weighted by atomic mass is 10.2. The number of benzene rings is 1. The minimum atomic E-state index is -0.568. The first-order valence-electron chi connectivity index (χ1n) is 5.84. The molecule has 98 valence electrons. The molecule has 0 atom stereocenters. The van der Waals surface area contributed by atoms with Crippen molar-refractivity contribution in [1.82, 2.24) is 4.98 Å².